The van der Waals surface area contributed by atoms with Gasteiger partial charge in [-0.3, -0.25) is 14.3 Å². The number of allylic oxidation sites excluding steroid dienone is 4. The molecule has 0 spiro atoms. The average Bonchev–Trinajstić information content (AvgIpc) is 3.40. The van der Waals surface area contributed by atoms with Crippen LogP contribution in [0.4, 0.5) is 5.82 Å². The van der Waals surface area contributed by atoms with E-state index in [0.29, 0.717) is 11.6 Å². The molecule has 1 amide bonds. The molecule has 1 aliphatic heterocycles. The van der Waals surface area contributed by atoms with Crippen LogP contribution in [-0.4, -0.2) is 61.4 Å². The molecule has 4 aromatic rings. The largest absolute Gasteiger partial charge is 0.383 e. The van der Waals surface area contributed by atoms with Gasteiger partial charge in [0.2, 0.25) is 5.91 Å². The Morgan fingerprint density at radius 1 is 1.00 bits per heavy atom. The van der Waals surface area contributed by atoms with E-state index in [4.69, 9.17) is 15.7 Å². The van der Waals surface area contributed by atoms with Crippen molar-refractivity contribution < 1.29 is 4.79 Å². The van der Waals surface area contributed by atoms with Gasteiger partial charge in [-0.05, 0) is 67.5 Å². The van der Waals surface area contributed by atoms with Crippen LogP contribution in [0.3, 0.4) is 0 Å². The molecular weight excluding hydrogens is 510 g/mol. The van der Waals surface area contributed by atoms with Gasteiger partial charge in [-0.15, -0.1) is 0 Å². The highest BCUT2D eigenvalue weighted by Gasteiger charge is 2.21. The lowest BCUT2D eigenvalue weighted by Crippen LogP contribution is -2.47. The second kappa shape index (κ2) is 13.7. The fourth-order valence-electron chi connectivity index (χ4n) is 4.92. The second-order valence-corrected chi connectivity index (χ2v) is 9.46. The van der Waals surface area contributed by atoms with Crippen molar-refractivity contribution in [2.24, 2.45) is 0 Å². The van der Waals surface area contributed by atoms with Gasteiger partial charge in [0.05, 0.1) is 11.3 Å². The van der Waals surface area contributed by atoms with Gasteiger partial charge in [-0.25, -0.2) is 15.0 Å². The van der Waals surface area contributed by atoms with Crippen molar-refractivity contribution in [2.45, 2.75) is 34.2 Å². The molecule has 1 fully saturated rings. The molecule has 41 heavy (non-hydrogen) atoms. The van der Waals surface area contributed by atoms with Crippen molar-refractivity contribution >= 4 is 28.5 Å². The van der Waals surface area contributed by atoms with Crippen molar-refractivity contribution in [3.05, 3.63) is 96.9 Å². The van der Waals surface area contributed by atoms with Crippen LogP contribution < -0.4 is 5.73 Å². The minimum atomic E-state index is 0.000602. The van der Waals surface area contributed by atoms with Gasteiger partial charge in [0, 0.05) is 44.6 Å². The first kappa shape index (κ1) is 29.4. The molecular formula is C33H39N7O. The first-order valence-electron chi connectivity index (χ1n) is 14.1. The molecule has 2 N–H and O–H groups in total. The number of nitrogens with zero attached hydrogens (tertiary/aromatic N) is 6. The van der Waals surface area contributed by atoms with E-state index < -0.39 is 0 Å². The summed E-state index contributed by atoms with van der Waals surface area (Å²) in [5.74, 6) is 1.12. The van der Waals surface area contributed by atoms with Crippen LogP contribution in [0.15, 0.2) is 85.6 Å². The van der Waals surface area contributed by atoms with E-state index in [-0.39, 0.29) is 5.91 Å². The summed E-state index contributed by atoms with van der Waals surface area (Å²) in [6.07, 6.45) is 9.18. The summed E-state index contributed by atoms with van der Waals surface area (Å²) in [4.78, 5) is 30.4. The molecule has 0 saturated carbocycles. The molecule has 0 bridgehead atoms. The number of aromatic nitrogens is 4. The number of amides is 1. The summed E-state index contributed by atoms with van der Waals surface area (Å²) < 4.78 is 2.05. The number of anilines is 1. The molecule has 1 aliphatic rings. The number of hydrogen-bond acceptors (Lipinski definition) is 6. The van der Waals surface area contributed by atoms with Crippen LogP contribution in [0.1, 0.15) is 39.0 Å². The van der Waals surface area contributed by atoms with Crippen LogP contribution in [0.2, 0.25) is 0 Å². The molecule has 5 rings (SSSR count). The van der Waals surface area contributed by atoms with Gasteiger partial charge >= 0.3 is 0 Å². The Morgan fingerprint density at radius 2 is 1.73 bits per heavy atom. The standard InChI is InChI=1S/C31H33N7O.C2H6/c1-4-8-23(5-2)26-14-15-27-31(34-26)38(30(35-27)25-9-7-16-33-29(25)32)24-12-10-22(11-13-24)21-36-17-19-37(20-18-36)28(39)6-3;1-2/h4-16H,3,17-21H2,1-2H3,(H2,32,33);1-2H3/b8-4-,23-5+;. The van der Waals surface area contributed by atoms with E-state index in [1.54, 1.807) is 6.20 Å². The zero-order chi connectivity index (χ0) is 29.4. The van der Waals surface area contributed by atoms with Crippen LogP contribution in [0, 0.1) is 0 Å². The number of imidazole rings is 1. The Morgan fingerprint density at radius 3 is 2.37 bits per heavy atom. The first-order valence-corrected chi connectivity index (χ1v) is 14.1. The fourth-order valence-corrected chi connectivity index (χ4v) is 4.92. The Hall–Kier alpha value is -4.56. The predicted molar refractivity (Wildman–Crippen MR) is 168 cm³/mol. The summed E-state index contributed by atoms with van der Waals surface area (Å²) >= 11 is 0. The van der Waals surface area contributed by atoms with Crippen LogP contribution in [-0.2, 0) is 11.3 Å². The van der Waals surface area contributed by atoms with Crippen LogP contribution >= 0.6 is 0 Å². The monoisotopic (exact) mass is 549 g/mol. The van der Waals surface area contributed by atoms with Gasteiger partial charge in [0.15, 0.2) is 11.5 Å². The van der Waals surface area contributed by atoms with Gasteiger partial charge in [-0.1, -0.05) is 50.8 Å². The van der Waals surface area contributed by atoms with E-state index in [0.717, 1.165) is 66.4 Å². The summed E-state index contributed by atoms with van der Waals surface area (Å²) in [6, 6.07) is 16.3. The summed E-state index contributed by atoms with van der Waals surface area (Å²) in [5.41, 5.74) is 12.6. The molecule has 3 aromatic heterocycles. The number of rotatable bonds is 7. The summed E-state index contributed by atoms with van der Waals surface area (Å²) in [5, 5.41) is 0. The number of fused-ring (bicyclic) bond motifs is 1. The number of benzene rings is 1. The van der Waals surface area contributed by atoms with Crippen LogP contribution in [0.5, 0.6) is 0 Å². The summed E-state index contributed by atoms with van der Waals surface area (Å²) in [6.45, 7) is 15.5. The third kappa shape index (κ3) is 6.44. The van der Waals surface area contributed by atoms with Crippen molar-refractivity contribution in [1.29, 1.82) is 0 Å². The predicted octanol–water partition coefficient (Wildman–Crippen LogP) is 5.90. The SMILES string of the molecule is C=CC(=O)N1CCN(Cc2ccc(-n3c(-c4cccnc4N)nc4ccc(C(/C=C\C)=C/C)nc43)cc2)CC1.CC. The molecule has 1 saturated heterocycles. The third-order valence-electron chi connectivity index (χ3n) is 7.00. The number of pyridine rings is 2. The minimum Gasteiger partial charge on any atom is -0.383 e. The zero-order valence-corrected chi connectivity index (χ0v) is 24.4. The highest BCUT2D eigenvalue weighted by Crippen LogP contribution is 2.31. The third-order valence-corrected chi connectivity index (χ3v) is 7.00. The quantitative estimate of drug-likeness (QED) is 0.228. The lowest BCUT2D eigenvalue weighted by molar-refractivity contribution is -0.127. The fraction of sp³-hybridized carbons (Fsp3) is 0.273. The summed E-state index contributed by atoms with van der Waals surface area (Å²) in [7, 11) is 0. The van der Waals surface area contributed by atoms with Gasteiger partial charge in [0.1, 0.15) is 11.3 Å². The maximum atomic E-state index is 11.9. The topological polar surface area (TPSA) is 93.2 Å². The molecule has 0 radical (unpaired) electrons. The second-order valence-electron chi connectivity index (χ2n) is 9.46. The Balaban J connectivity index is 0.00000189. The number of carbonyl (C=O) groups excluding carboxylic acids is 1. The Bertz CT molecular complexity index is 1560. The lowest BCUT2D eigenvalue weighted by Gasteiger charge is -2.34. The van der Waals surface area contributed by atoms with E-state index in [1.807, 2.05) is 62.9 Å². The van der Waals surface area contributed by atoms with Crippen molar-refractivity contribution in [3.8, 4) is 17.1 Å². The smallest absolute Gasteiger partial charge is 0.246 e. The van der Waals surface area contributed by atoms with Crippen molar-refractivity contribution in [3.63, 3.8) is 0 Å². The first-order chi connectivity index (χ1) is 20.0. The number of carbonyl (C=O) groups is 1. The number of nitrogen functional groups attached to an aromatic ring is 1. The van der Waals surface area contributed by atoms with Gasteiger partial charge in [-0.2, -0.15) is 0 Å². The van der Waals surface area contributed by atoms with Gasteiger partial charge < -0.3 is 10.6 Å². The van der Waals surface area contributed by atoms with Crippen molar-refractivity contribution in [1.82, 2.24) is 29.3 Å². The molecule has 0 unspecified atom stereocenters. The normalized spacial score (nSPS) is 14.2. The number of hydrogen-bond donors (Lipinski definition) is 1. The Labute approximate surface area is 242 Å². The average molecular weight is 550 g/mol. The van der Waals surface area contributed by atoms with E-state index >= 15 is 0 Å². The zero-order valence-electron chi connectivity index (χ0n) is 24.4. The van der Waals surface area contributed by atoms with E-state index in [2.05, 4.69) is 57.4 Å². The molecule has 0 aliphatic carbocycles. The molecule has 1 aromatic carbocycles. The maximum absolute atomic E-state index is 11.9. The number of nitrogens with two attached hydrogens (primary N) is 1. The van der Waals surface area contributed by atoms with E-state index in [9.17, 15) is 4.79 Å². The molecule has 4 heterocycles. The van der Waals surface area contributed by atoms with Crippen molar-refractivity contribution in [2.75, 3.05) is 31.9 Å². The maximum Gasteiger partial charge on any atom is 0.246 e. The molecule has 8 heteroatoms. The van der Waals surface area contributed by atoms with E-state index in [1.165, 1.54) is 11.6 Å². The lowest BCUT2D eigenvalue weighted by atomic mass is 10.1. The van der Waals surface area contributed by atoms with Crippen LogP contribution in [0.25, 0.3) is 33.8 Å². The Kier molecular flexibility index (Phi) is 9.81. The molecule has 212 valence electrons. The molecule has 8 nitrogen and oxygen atoms in total. The highest BCUT2D eigenvalue weighted by atomic mass is 16.2. The van der Waals surface area contributed by atoms with Gasteiger partial charge in [0.25, 0.3) is 0 Å². The minimum absolute atomic E-state index is 0.000602. The number of piperazine rings is 1. The molecule has 0 atom stereocenters. The highest BCUT2D eigenvalue weighted by molar-refractivity contribution is 5.87.